The summed E-state index contributed by atoms with van der Waals surface area (Å²) in [7, 11) is 1.74. The average molecular weight is 266 g/mol. The quantitative estimate of drug-likeness (QED) is 0.856. The van der Waals surface area contributed by atoms with Gasteiger partial charge in [0.2, 0.25) is 0 Å². The van der Waals surface area contributed by atoms with Gasteiger partial charge in [-0.1, -0.05) is 0 Å². The SMILES string of the molecule is CCN(C)C(=O)c1ccc(OCC(=CF)CN)cc1. The number of hydrogen-bond acceptors (Lipinski definition) is 3. The van der Waals surface area contributed by atoms with Gasteiger partial charge in [0, 0.05) is 31.3 Å². The van der Waals surface area contributed by atoms with E-state index in [1.807, 2.05) is 6.92 Å². The fourth-order valence-electron chi connectivity index (χ4n) is 1.37. The lowest BCUT2D eigenvalue weighted by Gasteiger charge is -2.14. The minimum Gasteiger partial charge on any atom is -0.489 e. The summed E-state index contributed by atoms with van der Waals surface area (Å²) in [6.07, 6.45) is 0.452. The Morgan fingerprint density at radius 1 is 1.42 bits per heavy atom. The molecular formula is C14H19FN2O2. The minimum absolute atomic E-state index is 0.0413. The normalized spacial score (nSPS) is 11.3. The van der Waals surface area contributed by atoms with Crippen LogP contribution in [0.15, 0.2) is 36.2 Å². The molecule has 0 fully saturated rings. The minimum atomic E-state index is -0.0413. The largest absolute Gasteiger partial charge is 0.489 e. The molecule has 4 nitrogen and oxygen atoms in total. The van der Waals surface area contributed by atoms with Gasteiger partial charge in [-0.25, -0.2) is 4.39 Å². The fraction of sp³-hybridized carbons (Fsp3) is 0.357. The van der Waals surface area contributed by atoms with Crippen LogP contribution in [0, 0.1) is 0 Å². The molecule has 1 rings (SSSR count). The van der Waals surface area contributed by atoms with Crippen molar-refractivity contribution in [1.29, 1.82) is 0 Å². The molecule has 0 radical (unpaired) electrons. The van der Waals surface area contributed by atoms with Crippen LogP contribution in [0.5, 0.6) is 5.75 Å². The molecule has 1 aromatic carbocycles. The Morgan fingerprint density at radius 3 is 2.53 bits per heavy atom. The summed E-state index contributed by atoms with van der Waals surface area (Å²) in [4.78, 5) is 13.5. The maximum atomic E-state index is 12.3. The van der Waals surface area contributed by atoms with Crippen molar-refractivity contribution in [3.63, 3.8) is 0 Å². The van der Waals surface area contributed by atoms with Gasteiger partial charge < -0.3 is 15.4 Å². The molecule has 1 amide bonds. The van der Waals surface area contributed by atoms with Gasteiger partial charge >= 0.3 is 0 Å². The van der Waals surface area contributed by atoms with E-state index in [0.717, 1.165) is 0 Å². The topological polar surface area (TPSA) is 55.6 Å². The molecule has 19 heavy (non-hydrogen) atoms. The van der Waals surface area contributed by atoms with Gasteiger partial charge in [0.1, 0.15) is 12.4 Å². The molecule has 0 aliphatic rings. The second kappa shape index (κ2) is 7.53. The summed E-state index contributed by atoms with van der Waals surface area (Å²) in [5.74, 6) is 0.531. The molecule has 1 aromatic rings. The highest BCUT2D eigenvalue weighted by atomic mass is 19.1. The van der Waals surface area contributed by atoms with E-state index in [0.29, 0.717) is 29.8 Å². The summed E-state index contributed by atoms with van der Waals surface area (Å²) in [5, 5.41) is 0. The van der Waals surface area contributed by atoms with Crippen LogP contribution < -0.4 is 10.5 Å². The average Bonchev–Trinajstić information content (AvgIpc) is 2.47. The predicted molar refractivity (Wildman–Crippen MR) is 72.8 cm³/mol. The van der Waals surface area contributed by atoms with Gasteiger partial charge in [-0.2, -0.15) is 0 Å². The molecule has 2 N–H and O–H groups in total. The van der Waals surface area contributed by atoms with Gasteiger partial charge in [0.05, 0.1) is 6.33 Å². The molecule has 0 aromatic heterocycles. The number of halogens is 1. The molecule has 0 saturated carbocycles. The van der Waals surface area contributed by atoms with Crippen molar-refractivity contribution in [3.05, 3.63) is 41.7 Å². The van der Waals surface area contributed by atoms with Crippen LogP contribution in [0.4, 0.5) is 4.39 Å². The first-order valence-electron chi connectivity index (χ1n) is 6.08. The van der Waals surface area contributed by atoms with E-state index < -0.39 is 0 Å². The first kappa shape index (κ1) is 15.2. The highest BCUT2D eigenvalue weighted by molar-refractivity contribution is 5.94. The second-order valence-electron chi connectivity index (χ2n) is 4.10. The Hall–Kier alpha value is -1.88. The van der Waals surface area contributed by atoms with Crippen molar-refractivity contribution in [3.8, 4) is 5.75 Å². The molecule has 0 spiro atoms. The lowest BCUT2D eigenvalue weighted by molar-refractivity contribution is 0.0802. The molecule has 104 valence electrons. The number of benzene rings is 1. The summed E-state index contributed by atoms with van der Waals surface area (Å²) >= 11 is 0. The molecule has 0 unspecified atom stereocenters. The van der Waals surface area contributed by atoms with Crippen LogP contribution in [0.1, 0.15) is 17.3 Å². The van der Waals surface area contributed by atoms with Crippen molar-refractivity contribution >= 4 is 5.91 Å². The number of ether oxygens (including phenoxy) is 1. The highest BCUT2D eigenvalue weighted by Gasteiger charge is 2.09. The number of carbonyl (C=O) groups excluding carboxylic acids is 1. The van der Waals surface area contributed by atoms with Crippen LogP contribution in [-0.2, 0) is 0 Å². The van der Waals surface area contributed by atoms with E-state index in [1.165, 1.54) is 0 Å². The standard InChI is InChI=1S/C14H19FN2O2/c1-3-17(2)14(18)12-4-6-13(7-5-12)19-10-11(8-15)9-16/h4-8H,3,9-10,16H2,1-2H3. The Kier molecular flexibility index (Phi) is 6.02. The molecule has 0 heterocycles. The van der Waals surface area contributed by atoms with Crippen LogP contribution in [0.2, 0.25) is 0 Å². The Balaban J connectivity index is 2.64. The third kappa shape index (κ3) is 4.37. The summed E-state index contributed by atoms with van der Waals surface area (Å²) in [6.45, 7) is 2.79. The third-order valence-electron chi connectivity index (χ3n) is 2.76. The van der Waals surface area contributed by atoms with Gasteiger partial charge in [-0.15, -0.1) is 0 Å². The fourth-order valence-corrected chi connectivity index (χ4v) is 1.37. The van der Waals surface area contributed by atoms with Crippen LogP contribution in [0.25, 0.3) is 0 Å². The van der Waals surface area contributed by atoms with Crippen molar-refractivity contribution in [1.82, 2.24) is 4.90 Å². The van der Waals surface area contributed by atoms with Crippen molar-refractivity contribution in [2.45, 2.75) is 6.92 Å². The number of amides is 1. The Bertz CT molecular complexity index is 443. The van der Waals surface area contributed by atoms with E-state index in [1.54, 1.807) is 36.2 Å². The number of rotatable bonds is 6. The molecular weight excluding hydrogens is 247 g/mol. The smallest absolute Gasteiger partial charge is 0.253 e. The lowest BCUT2D eigenvalue weighted by atomic mass is 10.2. The molecule has 0 saturated heterocycles. The first-order valence-corrected chi connectivity index (χ1v) is 6.08. The second-order valence-corrected chi connectivity index (χ2v) is 4.10. The van der Waals surface area contributed by atoms with Crippen LogP contribution in [0.3, 0.4) is 0 Å². The number of nitrogens with two attached hydrogens (primary N) is 1. The molecule has 5 heteroatoms. The monoisotopic (exact) mass is 266 g/mol. The summed E-state index contributed by atoms with van der Waals surface area (Å²) in [5.41, 5.74) is 6.30. The van der Waals surface area contributed by atoms with E-state index in [2.05, 4.69) is 0 Å². The van der Waals surface area contributed by atoms with E-state index in [9.17, 15) is 9.18 Å². The van der Waals surface area contributed by atoms with Gasteiger partial charge in [0.25, 0.3) is 5.91 Å². The van der Waals surface area contributed by atoms with Gasteiger partial charge in [-0.05, 0) is 31.2 Å². The van der Waals surface area contributed by atoms with Gasteiger partial charge in [0.15, 0.2) is 0 Å². The highest BCUT2D eigenvalue weighted by Crippen LogP contribution is 2.14. The summed E-state index contributed by atoms with van der Waals surface area (Å²) < 4.78 is 17.6. The Morgan fingerprint density at radius 2 is 2.05 bits per heavy atom. The Labute approximate surface area is 112 Å². The maximum absolute atomic E-state index is 12.3. The molecule has 0 aliphatic heterocycles. The van der Waals surface area contributed by atoms with Crippen molar-refractivity contribution < 1.29 is 13.9 Å². The zero-order valence-electron chi connectivity index (χ0n) is 11.2. The lowest BCUT2D eigenvalue weighted by Crippen LogP contribution is -2.26. The van der Waals surface area contributed by atoms with Crippen LogP contribution >= 0.6 is 0 Å². The zero-order chi connectivity index (χ0) is 14.3. The zero-order valence-corrected chi connectivity index (χ0v) is 11.2. The van der Waals surface area contributed by atoms with E-state index in [-0.39, 0.29) is 19.1 Å². The summed E-state index contributed by atoms with van der Waals surface area (Å²) in [6, 6.07) is 6.74. The molecule has 0 bridgehead atoms. The number of nitrogens with zero attached hydrogens (tertiary/aromatic N) is 1. The number of carbonyl (C=O) groups is 1. The van der Waals surface area contributed by atoms with Gasteiger partial charge in [-0.3, -0.25) is 4.79 Å². The predicted octanol–water partition coefficient (Wildman–Crippen LogP) is 1.97. The molecule has 0 atom stereocenters. The number of hydrogen-bond donors (Lipinski definition) is 1. The van der Waals surface area contributed by atoms with E-state index >= 15 is 0 Å². The van der Waals surface area contributed by atoms with Crippen molar-refractivity contribution in [2.75, 3.05) is 26.7 Å². The van der Waals surface area contributed by atoms with Crippen LogP contribution in [-0.4, -0.2) is 37.6 Å². The first-order chi connectivity index (χ1) is 9.12. The molecule has 0 aliphatic carbocycles. The van der Waals surface area contributed by atoms with E-state index in [4.69, 9.17) is 10.5 Å². The third-order valence-corrected chi connectivity index (χ3v) is 2.76. The van der Waals surface area contributed by atoms with Crippen molar-refractivity contribution in [2.24, 2.45) is 5.73 Å². The maximum Gasteiger partial charge on any atom is 0.253 e.